The molecular weight excluding hydrogens is 491 g/mol. The molecule has 0 saturated heterocycles. The number of hydrogen-bond acceptors (Lipinski definition) is 1. The number of rotatable bonds is 3. The Balaban J connectivity index is 0.00000169. The van der Waals surface area contributed by atoms with E-state index in [1.165, 1.54) is 21.6 Å². The molecule has 121 valence electrons. The van der Waals surface area contributed by atoms with E-state index in [0.29, 0.717) is 0 Å². The van der Waals surface area contributed by atoms with Gasteiger partial charge in [0.1, 0.15) is 0 Å². The summed E-state index contributed by atoms with van der Waals surface area (Å²) in [5.74, 6) is 0. The molecule has 1 aliphatic heterocycles. The fraction of sp³-hybridized carbons (Fsp3) is 0.0476. The number of nitrogens with zero attached hydrogens (tertiary/aromatic N) is 1. The van der Waals surface area contributed by atoms with Crippen LogP contribution in [0.25, 0.3) is 21.3 Å². The first kappa shape index (κ1) is 17.0. The molecule has 1 radical (unpaired) electrons. The summed E-state index contributed by atoms with van der Waals surface area (Å²) in [4.78, 5) is 1.21. The van der Waals surface area contributed by atoms with Gasteiger partial charge in [0, 0.05) is 20.1 Å². The quantitative estimate of drug-likeness (QED) is 0.383. The molecule has 0 bridgehead atoms. The largest absolute Gasteiger partial charge is 0.676 e. The molecule has 1 aliphatic rings. The maximum Gasteiger partial charge on any atom is 0 e. The van der Waals surface area contributed by atoms with Crippen molar-refractivity contribution in [3.8, 4) is 11.1 Å². The second kappa shape index (κ2) is 7.85. The molecule has 0 fully saturated rings. The Kier molecular flexibility index (Phi) is 5.57. The normalized spacial score (nSPS) is 16.0. The Hall–Kier alpha value is -1.80. The van der Waals surface area contributed by atoms with Gasteiger partial charge in [0.25, 0.3) is 0 Å². The fourth-order valence-electron chi connectivity index (χ4n) is 2.62. The number of hydrogen-bond donors (Lipinski definition) is 0. The van der Waals surface area contributed by atoms with Crippen LogP contribution in [0, 0.1) is 6.07 Å². The van der Waals surface area contributed by atoms with Crippen molar-refractivity contribution in [2.24, 2.45) is 0 Å². The average molecular weight is 506 g/mol. The van der Waals surface area contributed by atoms with Gasteiger partial charge in [0.2, 0.25) is 0 Å². The van der Waals surface area contributed by atoms with Crippen molar-refractivity contribution in [1.29, 1.82) is 0 Å². The molecule has 0 spiro atoms. The summed E-state index contributed by atoms with van der Waals surface area (Å²) < 4.78 is 0. The zero-order valence-corrected chi connectivity index (χ0v) is 16.1. The number of benzene rings is 3. The maximum atomic E-state index is 4.61. The Bertz CT molecular complexity index is 813. The number of thioether (sulfide) groups is 1. The van der Waals surface area contributed by atoms with Crippen LogP contribution in [0.2, 0.25) is 0 Å². The molecule has 1 nitrogen and oxygen atoms in total. The molecule has 24 heavy (non-hydrogen) atoms. The second-order valence-electron chi connectivity index (χ2n) is 5.37. The SMILES string of the molecule is [Ir].[c-]1ccccc1C1[N-]C=C(c2ccc(-c3ccccc3)cc2)S1. The summed E-state index contributed by atoms with van der Waals surface area (Å²) in [5, 5.41) is 4.74. The van der Waals surface area contributed by atoms with Crippen LogP contribution in [0.3, 0.4) is 0 Å². The molecule has 3 heteroatoms. The molecule has 0 saturated carbocycles. The van der Waals surface area contributed by atoms with Crippen LogP contribution >= 0.6 is 11.8 Å². The van der Waals surface area contributed by atoms with Gasteiger partial charge in [-0.1, -0.05) is 60.0 Å². The van der Waals surface area contributed by atoms with E-state index in [2.05, 4.69) is 66.0 Å². The van der Waals surface area contributed by atoms with Gasteiger partial charge in [0.05, 0.1) is 0 Å². The molecular formula is C21H15IrNS-2. The Morgan fingerprint density at radius 2 is 1.42 bits per heavy atom. The standard InChI is InChI=1S/C21H15NS.Ir/c1-3-7-16(8-4-1)17-11-13-18(14-12-17)20-15-22-21(23-20)19-9-5-2-6-10-19;/h1-9,11-15,21H;/q-2;. The average Bonchev–Trinajstić information content (AvgIpc) is 3.14. The minimum absolute atomic E-state index is 0. The van der Waals surface area contributed by atoms with Crippen LogP contribution in [-0.4, -0.2) is 0 Å². The van der Waals surface area contributed by atoms with Crippen molar-refractivity contribution in [1.82, 2.24) is 0 Å². The third-order valence-corrected chi connectivity index (χ3v) is 5.04. The van der Waals surface area contributed by atoms with Crippen LogP contribution < -0.4 is 0 Å². The molecule has 0 aromatic heterocycles. The summed E-state index contributed by atoms with van der Waals surface area (Å²) in [6.07, 6.45) is 1.98. The van der Waals surface area contributed by atoms with E-state index in [0.717, 1.165) is 5.56 Å². The summed E-state index contributed by atoms with van der Waals surface area (Å²) in [7, 11) is 0. The van der Waals surface area contributed by atoms with Gasteiger partial charge in [-0.15, -0.1) is 11.8 Å². The molecule has 0 aliphatic carbocycles. The van der Waals surface area contributed by atoms with Crippen molar-refractivity contribution < 1.29 is 20.1 Å². The van der Waals surface area contributed by atoms with Crippen molar-refractivity contribution in [3.05, 3.63) is 108 Å². The Morgan fingerprint density at radius 3 is 2.12 bits per heavy atom. The van der Waals surface area contributed by atoms with Gasteiger partial charge >= 0.3 is 0 Å². The first-order valence-corrected chi connectivity index (χ1v) is 8.47. The van der Waals surface area contributed by atoms with Crippen molar-refractivity contribution in [2.75, 3.05) is 0 Å². The van der Waals surface area contributed by atoms with E-state index in [4.69, 9.17) is 0 Å². The van der Waals surface area contributed by atoms with Crippen LogP contribution in [-0.2, 0) is 20.1 Å². The van der Waals surface area contributed by atoms with Gasteiger partial charge < -0.3 is 5.32 Å². The monoisotopic (exact) mass is 506 g/mol. The molecule has 0 amide bonds. The Morgan fingerprint density at radius 1 is 0.750 bits per heavy atom. The van der Waals surface area contributed by atoms with Crippen molar-refractivity contribution in [3.63, 3.8) is 0 Å². The zero-order valence-electron chi connectivity index (χ0n) is 12.8. The van der Waals surface area contributed by atoms with Crippen molar-refractivity contribution >= 4 is 16.7 Å². The van der Waals surface area contributed by atoms with Gasteiger partial charge in [-0.2, -0.15) is 42.1 Å². The first-order chi connectivity index (χ1) is 11.4. The predicted octanol–water partition coefficient (Wildman–Crippen LogP) is 6.27. The molecule has 4 rings (SSSR count). The van der Waals surface area contributed by atoms with Gasteiger partial charge in [-0.3, -0.25) is 0 Å². The summed E-state index contributed by atoms with van der Waals surface area (Å²) in [6.45, 7) is 0. The summed E-state index contributed by atoms with van der Waals surface area (Å²) in [5.41, 5.74) is 4.83. The first-order valence-electron chi connectivity index (χ1n) is 7.59. The molecule has 1 heterocycles. The van der Waals surface area contributed by atoms with Gasteiger partial charge in [-0.05, 0) is 21.6 Å². The van der Waals surface area contributed by atoms with Crippen LogP contribution in [0.15, 0.2) is 85.1 Å². The Labute approximate surface area is 160 Å². The maximum absolute atomic E-state index is 4.61. The minimum Gasteiger partial charge on any atom is -0.676 e. The molecule has 1 atom stereocenters. The van der Waals surface area contributed by atoms with E-state index in [1.54, 1.807) is 11.8 Å². The van der Waals surface area contributed by atoms with E-state index in [9.17, 15) is 0 Å². The fourth-order valence-corrected chi connectivity index (χ4v) is 3.65. The molecule has 3 aromatic carbocycles. The van der Waals surface area contributed by atoms with Crippen LogP contribution in [0.4, 0.5) is 0 Å². The van der Waals surface area contributed by atoms with E-state index < -0.39 is 0 Å². The minimum atomic E-state index is 0. The third kappa shape index (κ3) is 3.64. The van der Waals surface area contributed by atoms with Crippen LogP contribution in [0.5, 0.6) is 0 Å². The van der Waals surface area contributed by atoms with E-state index >= 15 is 0 Å². The zero-order chi connectivity index (χ0) is 15.5. The second-order valence-corrected chi connectivity index (χ2v) is 6.50. The van der Waals surface area contributed by atoms with Gasteiger partial charge in [0.15, 0.2) is 0 Å². The van der Waals surface area contributed by atoms with E-state index in [1.807, 2.05) is 30.5 Å². The smallest absolute Gasteiger partial charge is 0 e. The van der Waals surface area contributed by atoms with E-state index in [-0.39, 0.29) is 25.5 Å². The summed E-state index contributed by atoms with van der Waals surface area (Å²) in [6, 6.07) is 30.5. The van der Waals surface area contributed by atoms with Crippen molar-refractivity contribution in [2.45, 2.75) is 5.37 Å². The topological polar surface area (TPSA) is 14.1 Å². The third-order valence-electron chi connectivity index (χ3n) is 3.84. The molecule has 3 aromatic rings. The van der Waals surface area contributed by atoms with Crippen LogP contribution in [0.1, 0.15) is 16.5 Å². The summed E-state index contributed by atoms with van der Waals surface area (Å²) >= 11 is 1.78. The molecule has 0 N–H and O–H groups in total. The van der Waals surface area contributed by atoms with Gasteiger partial charge in [-0.25, -0.2) is 0 Å². The predicted molar refractivity (Wildman–Crippen MR) is 98.8 cm³/mol. The molecule has 1 unspecified atom stereocenters.